The van der Waals surface area contributed by atoms with Gasteiger partial charge < -0.3 is 0 Å². The summed E-state index contributed by atoms with van der Waals surface area (Å²) in [5.74, 6) is 7.72. The summed E-state index contributed by atoms with van der Waals surface area (Å²) in [5, 5.41) is 0. The molecule has 30 heavy (non-hydrogen) atoms. The molecule has 5 fully saturated rings. The third-order valence-electron chi connectivity index (χ3n) is 13.7. The smallest absolute Gasteiger partial charge is 0.0235 e. The first-order chi connectivity index (χ1) is 14.0. The molecule has 0 heterocycles. The third kappa shape index (κ3) is 2.58. The quantitative estimate of drug-likeness (QED) is 0.403. The molecule has 0 aromatic rings. The van der Waals surface area contributed by atoms with E-state index in [4.69, 9.17) is 0 Å². The molecule has 5 aliphatic carbocycles. The molecule has 0 bridgehead atoms. The van der Waals surface area contributed by atoms with Gasteiger partial charge in [-0.25, -0.2) is 0 Å². The van der Waals surface area contributed by atoms with Gasteiger partial charge in [0.25, 0.3) is 0 Å². The highest BCUT2D eigenvalue weighted by molar-refractivity contribution is 5.17. The van der Waals surface area contributed by atoms with Crippen LogP contribution in [0.1, 0.15) is 120 Å². The predicted molar refractivity (Wildman–Crippen MR) is 129 cm³/mol. The molecule has 5 aliphatic rings. The maximum absolute atomic E-state index is 2.81. The Morgan fingerprint density at radius 2 is 1.40 bits per heavy atom. The largest absolute Gasteiger partial charge is 0.0625 e. The van der Waals surface area contributed by atoms with E-state index in [2.05, 4.69) is 55.4 Å². The Balaban J connectivity index is 1.50. The Bertz CT molecular complexity index is 678. The third-order valence-corrected chi connectivity index (χ3v) is 13.7. The van der Waals surface area contributed by atoms with Gasteiger partial charge in [-0.15, -0.1) is 0 Å². The minimum Gasteiger partial charge on any atom is -0.0625 e. The molecule has 0 heteroatoms. The average molecular weight is 413 g/mol. The fourth-order valence-electron chi connectivity index (χ4n) is 11.8. The maximum atomic E-state index is 2.81. The summed E-state index contributed by atoms with van der Waals surface area (Å²) in [4.78, 5) is 0. The first-order valence-electron chi connectivity index (χ1n) is 14.0. The van der Waals surface area contributed by atoms with Gasteiger partial charge in [0.05, 0.1) is 0 Å². The standard InChI is InChI=1S/C30H52/c1-19(2)23-9-10-25-28(23,6)17-18-29(7)24-13-15-27(5)14-11-20(3)21(4)26(27)22(24)12-16-30(25,29)8/h19-26H,9-18H2,1-8H3/t20-,21+,22+,23-,24+,25-,26+,27-,28-,29-,30+/m1/s1. The van der Waals surface area contributed by atoms with E-state index in [1.807, 2.05) is 0 Å². The lowest BCUT2D eigenvalue weighted by Gasteiger charge is -2.70. The van der Waals surface area contributed by atoms with Crippen molar-refractivity contribution in [1.82, 2.24) is 0 Å². The van der Waals surface area contributed by atoms with Crippen molar-refractivity contribution in [2.45, 2.75) is 120 Å². The second kappa shape index (κ2) is 6.76. The first-order valence-corrected chi connectivity index (χ1v) is 14.0. The van der Waals surface area contributed by atoms with Crippen molar-refractivity contribution in [2.24, 2.45) is 69.0 Å². The van der Waals surface area contributed by atoms with Gasteiger partial charge in [0, 0.05) is 0 Å². The van der Waals surface area contributed by atoms with Crippen molar-refractivity contribution in [3.8, 4) is 0 Å². The second-order valence-corrected chi connectivity index (χ2v) is 14.7. The Morgan fingerprint density at radius 3 is 2.10 bits per heavy atom. The molecule has 0 N–H and O–H groups in total. The van der Waals surface area contributed by atoms with Crippen LogP contribution in [0.15, 0.2) is 0 Å². The van der Waals surface area contributed by atoms with Gasteiger partial charge in [0.1, 0.15) is 0 Å². The van der Waals surface area contributed by atoms with E-state index in [9.17, 15) is 0 Å². The molecule has 0 saturated heterocycles. The van der Waals surface area contributed by atoms with E-state index in [-0.39, 0.29) is 0 Å². The normalized spacial score (nSPS) is 60.5. The number of rotatable bonds is 1. The molecular weight excluding hydrogens is 360 g/mol. The molecule has 0 spiro atoms. The van der Waals surface area contributed by atoms with Crippen molar-refractivity contribution in [3.05, 3.63) is 0 Å². The summed E-state index contributed by atoms with van der Waals surface area (Å²) in [6, 6.07) is 0. The zero-order valence-electron chi connectivity index (χ0n) is 21.7. The van der Waals surface area contributed by atoms with Crippen LogP contribution in [0.25, 0.3) is 0 Å². The summed E-state index contributed by atoms with van der Waals surface area (Å²) in [6.07, 6.45) is 15.2. The van der Waals surface area contributed by atoms with Crippen LogP contribution < -0.4 is 0 Å². The molecule has 0 radical (unpaired) electrons. The minimum absolute atomic E-state index is 0.585. The molecule has 0 amide bonds. The van der Waals surface area contributed by atoms with E-state index >= 15 is 0 Å². The van der Waals surface area contributed by atoms with Crippen LogP contribution >= 0.6 is 0 Å². The minimum atomic E-state index is 0.585. The highest BCUT2D eigenvalue weighted by Crippen LogP contribution is 2.76. The molecule has 0 aromatic heterocycles. The van der Waals surface area contributed by atoms with Crippen LogP contribution in [0, 0.1) is 69.0 Å². The van der Waals surface area contributed by atoms with Crippen molar-refractivity contribution in [3.63, 3.8) is 0 Å². The van der Waals surface area contributed by atoms with E-state index in [1.54, 1.807) is 12.8 Å². The maximum Gasteiger partial charge on any atom is -0.0235 e. The van der Waals surface area contributed by atoms with Crippen molar-refractivity contribution in [2.75, 3.05) is 0 Å². The Kier molecular flexibility index (Phi) is 4.92. The van der Waals surface area contributed by atoms with Crippen LogP contribution in [0.3, 0.4) is 0 Å². The molecule has 0 unspecified atom stereocenters. The van der Waals surface area contributed by atoms with Gasteiger partial charge in [-0.1, -0.05) is 55.4 Å². The van der Waals surface area contributed by atoms with Gasteiger partial charge >= 0.3 is 0 Å². The van der Waals surface area contributed by atoms with Crippen LogP contribution in [-0.4, -0.2) is 0 Å². The highest BCUT2D eigenvalue weighted by Gasteiger charge is 2.68. The fourth-order valence-corrected chi connectivity index (χ4v) is 11.8. The molecular formula is C30H52. The molecule has 11 atom stereocenters. The Labute approximate surface area is 188 Å². The summed E-state index contributed by atoms with van der Waals surface area (Å²) >= 11 is 0. The molecule has 5 saturated carbocycles. The summed E-state index contributed by atoms with van der Waals surface area (Å²) < 4.78 is 0. The fraction of sp³-hybridized carbons (Fsp3) is 1.00. The first kappa shape index (κ1) is 21.8. The van der Waals surface area contributed by atoms with Crippen molar-refractivity contribution in [1.29, 1.82) is 0 Å². The number of hydrogen-bond acceptors (Lipinski definition) is 0. The van der Waals surface area contributed by atoms with Crippen molar-refractivity contribution >= 4 is 0 Å². The van der Waals surface area contributed by atoms with Crippen LogP contribution in [0.5, 0.6) is 0 Å². The van der Waals surface area contributed by atoms with E-state index in [1.165, 1.54) is 51.4 Å². The average Bonchev–Trinajstić information content (AvgIpc) is 3.05. The van der Waals surface area contributed by atoms with E-state index in [0.717, 1.165) is 47.3 Å². The van der Waals surface area contributed by atoms with Crippen LogP contribution in [-0.2, 0) is 0 Å². The highest BCUT2D eigenvalue weighted by atomic mass is 14.7. The summed E-state index contributed by atoms with van der Waals surface area (Å²) in [6.45, 7) is 21.3. The lowest BCUT2D eigenvalue weighted by Crippen LogP contribution is -2.63. The SMILES string of the molecule is CC(C)[C@H]1CC[C@@H]2[C@]1(C)CC[C@]1(C)[C@H]3CC[C@@]4(C)CC[C@@H](C)[C@H](C)[C@H]4[C@H]3CC[C@@]21C. The zero-order valence-corrected chi connectivity index (χ0v) is 21.7. The van der Waals surface area contributed by atoms with E-state index in [0.29, 0.717) is 21.7 Å². The van der Waals surface area contributed by atoms with Gasteiger partial charge in [0.2, 0.25) is 0 Å². The zero-order chi connectivity index (χ0) is 21.7. The van der Waals surface area contributed by atoms with E-state index < -0.39 is 0 Å². The van der Waals surface area contributed by atoms with Gasteiger partial charge in [-0.3, -0.25) is 0 Å². The molecule has 0 nitrogen and oxygen atoms in total. The number of fused-ring (bicyclic) bond motifs is 7. The summed E-state index contributed by atoms with van der Waals surface area (Å²) in [5.41, 5.74) is 2.44. The number of hydrogen-bond donors (Lipinski definition) is 0. The lowest BCUT2D eigenvalue weighted by atomic mass is 9.34. The Hall–Kier alpha value is 0. The summed E-state index contributed by atoms with van der Waals surface area (Å²) in [7, 11) is 0. The van der Waals surface area contributed by atoms with Gasteiger partial charge in [-0.2, -0.15) is 0 Å². The van der Waals surface area contributed by atoms with Crippen LogP contribution in [0.2, 0.25) is 0 Å². The molecule has 0 aliphatic heterocycles. The van der Waals surface area contributed by atoms with Crippen molar-refractivity contribution < 1.29 is 0 Å². The molecule has 5 rings (SSSR count). The lowest BCUT2D eigenvalue weighted by molar-refractivity contribution is -0.218. The predicted octanol–water partition coefficient (Wildman–Crippen LogP) is 8.99. The monoisotopic (exact) mass is 412 g/mol. The van der Waals surface area contributed by atoms with Gasteiger partial charge in [0.15, 0.2) is 0 Å². The topological polar surface area (TPSA) is 0 Å². The van der Waals surface area contributed by atoms with Crippen LogP contribution in [0.4, 0.5) is 0 Å². The second-order valence-electron chi connectivity index (χ2n) is 14.7. The molecule has 0 aromatic carbocycles. The Morgan fingerprint density at radius 1 is 0.700 bits per heavy atom. The molecule has 172 valence electrons. The van der Waals surface area contributed by atoms with Gasteiger partial charge in [-0.05, 0) is 133 Å².